The third-order valence-corrected chi connectivity index (χ3v) is 2.61. The molecule has 16 heavy (non-hydrogen) atoms. The maximum absolute atomic E-state index is 2.94. The van der Waals surface area contributed by atoms with Gasteiger partial charge >= 0.3 is 0 Å². The average Bonchev–Trinajstić information content (AvgIpc) is 2.38. The van der Waals surface area contributed by atoms with Crippen molar-refractivity contribution in [2.75, 3.05) is 5.83 Å². The van der Waals surface area contributed by atoms with Gasteiger partial charge in [-0.2, -0.15) is 0 Å². The first kappa shape index (κ1) is 11.2. The molecule has 3 aromatic rings. The van der Waals surface area contributed by atoms with Crippen molar-refractivity contribution >= 4 is 37.5 Å². The van der Waals surface area contributed by atoms with Crippen molar-refractivity contribution in [2.24, 2.45) is 0 Å². The molecule has 0 bridgehead atoms. The van der Waals surface area contributed by atoms with E-state index in [-0.39, 0.29) is 0 Å². The van der Waals surface area contributed by atoms with Crippen molar-refractivity contribution in [3.05, 3.63) is 60.7 Å². The normalized spacial score (nSPS) is 9.88. The van der Waals surface area contributed by atoms with Gasteiger partial charge in [0.2, 0.25) is 0 Å². The Hall–Kier alpha value is -1.34. The Morgan fingerprint density at radius 1 is 0.562 bits per heavy atom. The minimum Gasteiger partial charge on any atom is -0.0966 e. The second kappa shape index (κ2) is 5.13. The van der Waals surface area contributed by atoms with Gasteiger partial charge in [0, 0.05) is 0 Å². The molecule has 0 unspecified atom stereocenters. The second-order valence-electron chi connectivity index (χ2n) is 3.55. The van der Waals surface area contributed by atoms with Crippen molar-refractivity contribution in [1.82, 2.24) is 0 Å². The molecule has 0 amide bonds. The lowest BCUT2D eigenvalue weighted by molar-refractivity contribution is 1.76. The van der Waals surface area contributed by atoms with Gasteiger partial charge in [-0.1, -0.05) is 64.5 Å². The fraction of sp³-hybridized carbons (Fsp3) is 0.0667. The molecule has 1 heteroatoms. The molecule has 0 spiro atoms. The van der Waals surface area contributed by atoms with E-state index in [0.29, 0.717) is 0 Å². The van der Waals surface area contributed by atoms with Crippen LogP contribution in [0.4, 0.5) is 0 Å². The molecule has 0 heterocycles. The van der Waals surface area contributed by atoms with E-state index in [1.807, 2.05) is 5.83 Å². The van der Waals surface area contributed by atoms with Crippen LogP contribution in [0.15, 0.2) is 60.7 Å². The molecule has 0 aliphatic heterocycles. The van der Waals surface area contributed by atoms with Crippen LogP contribution in [0.3, 0.4) is 0 Å². The molecular formula is C15H13Br. The van der Waals surface area contributed by atoms with E-state index in [1.54, 1.807) is 0 Å². The van der Waals surface area contributed by atoms with Crippen LogP contribution in [-0.2, 0) is 0 Å². The van der Waals surface area contributed by atoms with Gasteiger partial charge < -0.3 is 0 Å². The van der Waals surface area contributed by atoms with Crippen molar-refractivity contribution in [1.29, 1.82) is 0 Å². The van der Waals surface area contributed by atoms with E-state index in [9.17, 15) is 0 Å². The molecule has 0 radical (unpaired) electrons. The van der Waals surface area contributed by atoms with Crippen LogP contribution in [0.1, 0.15) is 0 Å². The number of rotatable bonds is 0. The zero-order valence-corrected chi connectivity index (χ0v) is 10.7. The minimum atomic E-state index is 1.31. The van der Waals surface area contributed by atoms with E-state index in [0.717, 1.165) is 0 Å². The van der Waals surface area contributed by atoms with Crippen LogP contribution in [0.2, 0.25) is 0 Å². The molecule has 80 valence electrons. The van der Waals surface area contributed by atoms with E-state index < -0.39 is 0 Å². The first-order chi connectivity index (χ1) is 7.93. The maximum atomic E-state index is 2.94. The predicted octanol–water partition coefficient (Wildman–Crippen LogP) is 5.00. The summed E-state index contributed by atoms with van der Waals surface area (Å²) in [6.45, 7) is 0. The molecule has 3 aromatic carbocycles. The Balaban J connectivity index is 0.000000457. The summed E-state index contributed by atoms with van der Waals surface area (Å²) >= 11 is 2.94. The molecule has 0 nitrogen and oxygen atoms in total. The van der Waals surface area contributed by atoms with Crippen molar-refractivity contribution in [3.8, 4) is 0 Å². The van der Waals surface area contributed by atoms with Gasteiger partial charge in [0.1, 0.15) is 0 Å². The lowest BCUT2D eigenvalue weighted by Gasteiger charge is -2.00. The Morgan fingerprint density at radius 2 is 0.812 bits per heavy atom. The molecule has 0 saturated heterocycles. The van der Waals surface area contributed by atoms with Gasteiger partial charge in [-0.15, -0.1) is 0 Å². The van der Waals surface area contributed by atoms with Gasteiger partial charge in [0.05, 0.1) is 0 Å². The summed E-state index contributed by atoms with van der Waals surface area (Å²) in [5, 5.41) is 5.25. The lowest BCUT2D eigenvalue weighted by atomic mass is 10.0. The van der Waals surface area contributed by atoms with Gasteiger partial charge in [-0.25, -0.2) is 0 Å². The highest BCUT2D eigenvalue weighted by molar-refractivity contribution is 9.08. The first-order valence-electron chi connectivity index (χ1n) is 5.19. The number of fused-ring (bicyclic) bond motifs is 2. The Morgan fingerprint density at radius 3 is 1.06 bits per heavy atom. The summed E-state index contributed by atoms with van der Waals surface area (Å²) in [7, 11) is 0. The average molecular weight is 273 g/mol. The highest BCUT2D eigenvalue weighted by Crippen LogP contribution is 2.21. The van der Waals surface area contributed by atoms with Crippen LogP contribution >= 0.6 is 15.9 Å². The first-order valence-corrected chi connectivity index (χ1v) is 6.77. The van der Waals surface area contributed by atoms with E-state index in [1.165, 1.54) is 21.5 Å². The van der Waals surface area contributed by atoms with E-state index >= 15 is 0 Å². The summed E-state index contributed by atoms with van der Waals surface area (Å²) in [6.07, 6.45) is 0. The van der Waals surface area contributed by atoms with Gasteiger partial charge in [-0.05, 0) is 39.5 Å². The summed E-state index contributed by atoms with van der Waals surface area (Å²) in [5.74, 6) is 1.81. The van der Waals surface area contributed by atoms with Crippen LogP contribution in [-0.4, -0.2) is 5.83 Å². The van der Waals surface area contributed by atoms with Crippen LogP contribution in [0.5, 0.6) is 0 Å². The molecule has 0 N–H and O–H groups in total. The third-order valence-electron chi connectivity index (χ3n) is 2.61. The quantitative estimate of drug-likeness (QED) is 0.399. The molecule has 0 aliphatic rings. The fourth-order valence-electron chi connectivity index (χ4n) is 1.88. The number of benzene rings is 3. The van der Waals surface area contributed by atoms with Gasteiger partial charge in [0.25, 0.3) is 0 Å². The number of hydrogen-bond acceptors (Lipinski definition) is 0. The third kappa shape index (κ3) is 2.10. The van der Waals surface area contributed by atoms with Crippen LogP contribution in [0.25, 0.3) is 21.5 Å². The summed E-state index contributed by atoms with van der Waals surface area (Å²) in [5.41, 5.74) is 0. The minimum absolute atomic E-state index is 1.31. The standard InChI is InChI=1S/C14H10.CH3Br/c1-2-6-12-10-14-8-4-3-7-13(14)9-11(12)5-1;1-2/h1-10H;1H3. The van der Waals surface area contributed by atoms with E-state index in [2.05, 4.69) is 76.6 Å². The van der Waals surface area contributed by atoms with E-state index in [4.69, 9.17) is 0 Å². The van der Waals surface area contributed by atoms with Crippen molar-refractivity contribution in [3.63, 3.8) is 0 Å². The summed E-state index contributed by atoms with van der Waals surface area (Å²) in [4.78, 5) is 0. The molecule has 0 atom stereocenters. The second-order valence-corrected chi connectivity index (χ2v) is 3.55. The van der Waals surface area contributed by atoms with Gasteiger partial charge in [0.15, 0.2) is 0 Å². The molecule has 0 saturated carbocycles. The molecule has 0 aliphatic carbocycles. The monoisotopic (exact) mass is 272 g/mol. The number of alkyl halides is 1. The zero-order valence-electron chi connectivity index (χ0n) is 9.15. The summed E-state index contributed by atoms with van der Waals surface area (Å²) < 4.78 is 0. The van der Waals surface area contributed by atoms with Crippen LogP contribution in [0, 0.1) is 0 Å². The zero-order chi connectivity index (χ0) is 11.4. The Labute approximate surface area is 104 Å². The Kier molecular flexibility index (Phi) is 3.58. The fourth-order valence-corrected chi connectivity index (χ4v) is 1.88. The molecular weight excluding hydrogens is 260 g/mol. The largest absolute Gasteiger partial charge is 0.0966 e. The molecule has 0 fully saturated rings. The molecule has 0 aromatic heterocycles. The topological polar surface area (TPSA) is 0 Å². The highest BCUT2D eigenvalue weighted by atomic mass is 79.9. The number of hydrogen-bond donors (Lipinski definition) is 0. The lowest BCUT2D eigenvalue weighted by Crippen LogP contribution is -1.74. The van der Waals surface area contributed by atoms with Crippen molar-refractivity contribution in [2.45, 2.75) is 0 Å². The van der Waals surface area contributed by atoms with Crippen molar-refractivity contribution < 1.29 is 0 Å². The maximum Gasteiger partial charge on any atom is -0.00848 e. The summed E-state index contributed by atoms with van der Waals surface area (Å²) in [6, 6.07) is 21.4. The number of halogens is 1. The van der Waals surface area contributed by atoms with Crippen LogP contribution < -0.4 is 0 Å². The van der Waals surface area contributed by atoms with Gasteiger partial charge in [-0.3, -0.25) is 0 Å². The molecule has 3 rings (SSSR count). The SMILES string of the molecule is CBr.c1ccc2cc3ccccc3cc2c1. The highest BCUT2D eigenvalue weighted by Gasteiger charge is 1.95. The smallest absolute Gasteiger partial charge is 0.00848 e. The Bertz CT molecular complexity index is 494. The predicted molar refractivity (Wildman–Crippen MR) is 76.3 cm³/mol.